The number of nitro benzene ring substituents is 1. The lowest BCUT2D eigenvalue weighted by Crippen LogP contribution is -2.40. The minimum Gasteiger partial charge on any atom is -0.379 e. The van der Waals surface area contributed by atoms with Gasteiger partial charge in [0.1, 0.15) is 5.69 Å². The number of ether oxygens (including phenoxy) is 1. The molecule has 0 saturated carbocycles. The number of morpholine rings is 1. The zero-order valence-corrected chi connectivity index (χ0v) is 18.3. The predicted molar refractivity (Wildman–Crippen MR) is 116 cm³/mol. The Kier molecular flexibility index (Phi) is 6.58. The molecule has 1 heterocycles. The fourth-order valence-electron chi connectivity index (χ4n) is 3.27. The highest BCUT2D eigenvalue weighted by molar-refractivity contribution is 7.89. The minimum atomic E-state index is -3.74. The number of carbonyl (C=O) groups excluding carboxylic acids is 1. The first-order valence-corrected chi connectivity index (χ1v) is 11.0. The minimum absolute atomic E-state index is 0.0930. The van der Waals surface area contributed by atoms with Crippen molar-refractivity contribution in [2.75, 3.05) is 50.6 Å². The molecule has 2 aromatic rings. The maximum absolute atomic E-state index is 13.0. The van der Waals surface area contributed by atoms with Gasteiger partial charge in [0.2, 0.25) is 10.0 Å². The zero-order valence-electron chi connectivity index (χ0n) is 17.5. The number of anilines is 2. The first-order valence-electron chi connectivity index (χ1n) is 9.57. The summed E-state index contributed by atoms with van der Waals surface area (Å²) in [7, 11) is -0.399. The van der Waals surface area contributed by atoms with Crippen molar-refractivity contribution in [2.24, 2.45) is 0 Å². The number of nitrogens with zero attached hydrogens (tertiary/aromatic N) is 3. The van der Waals surface area contributed by atoms with E-state index in [-0.39, 0.29) is 34.9 Å². The van der Waals surface area contributed by atoms with Gasteiger partial charge in [-0.05, 0) is 36.8 Å². The molecule has 3 rings (SSSR count). The van der Waals surface area contributed by atoms with Gasteiger partial charge in [0.05, 0.1) is 23.0 Å². The van der Waals surface area contributed by atoms with Gasteiger partial charge in [0.25, 0.3) is 11.6 Å². The van der Waals surface area contributed by atoms with Crippen molar-refractivity contribution >= 4 is 33.0 Å². The van der Waals surface area contributed by atoms with Crippen molar-refractivity contribution in [1.29, 1.82) is 0 Å². The Balaban J connectivity index is 1.88. The predicted octanol–water partition coefficient (Wildman–Crippen LogP) is 2.24. The highest BCUT2D eigenvalue weighted by Crippen LogP contribution is 2.29. The SMILES string of the molecule is Cc1ccc(NC(=O)c2ccc(N(C)C)c([N+](=O)[O-])c2)cc1S(=O)(=O)N1CCOCC1. The largest absolute Gasteiger partial charge is 0.379 e. The number of sulfonamides is 1. The van der Waals surface area contributed by atoms with Crippen LogP contribution in [0.15, 0.2) is 41.3 Å². The van der Waals surface area contributed by atoms with Crippen molar-refractivity contribution in [3.05, 3.63) is 57.6 Å². The number of hydrogen-bond donors (Lipinski definition) is 1. The van der Waals surface area contributed by atoms with E-state index in [2.05, 4.69) is 5.32 Å². The number of nitrogens with one attached hydrogen (secondary N) is 1. The van der Waals surface area contributed by atoms with Gasteiger partial charge in [-0.3, -0.25) is 14.9 Å². The van der Waals surface area contributed by atoms with Crippen molar-refractivity contribution in [3.8, 4) is 0 Å². The van der Waals surface area contributed by atoms with Crippen LogP contribution in [0.5, 0.6) is 0 Å². The van der Waals surface area contributed by atoms with Crippen LogP contribution in [-0.2, 0) is 14.8 Å². The Labute approximate surface area is 180 Å². The molecule has 0 atom stereocenters. The fraction of sp³-hybridized carbons (Fsp3) is 0.350. The second-order valence-electron chi connectivity index (χ2n) is 7.31. The molecular weight excluding hydrogens is 424 g/mol. The van der Waals surface area contributed by atoms with E-state index < -0.39 is 20.9 Å². The van der Waals surface area contributed by atoms with Gasteiger partial charge in [-0.2, -0.15) is 4.31 Å². The molecule has 1 N–H and O–H groups in total. The van der Waals surface area contributed by atoms with E-state index in [0.717, 1.165) is 0 Å². The third kappa shape index (κ3) is 4.84. The van der Waals surface area contributed by atoms with E-state index in [1.54, 1.807) is 38.1 Å². The normalized spacial score (nSPS) is 14.8. The van der Waals surface area contributed by atoms with Crippen molar-refractivity contribution in [2.45, 2.75) is 11.8 Å². The van der Waals surface area contributed by atoms with E-state index in [4.69, 9.17) is 4.74 Å². The Morgan fingerprint density at radius 1 is 1.16 bits per heavy atom. The van der Waals surface area contributed by atoms with Crippen LogP contribution in [-0.4, -0.2) is 64.0 Å². The summed E-state index contributed by atoms with van der Waals surface area (Å²) < 4.78 is 32.6. The number of benzene rings is 2. The van der Waals surface area contributed by atoms with E-state index in [1.165, 1.54) is 28.6 Å². The van der Waals surface area contributed by atoms with Crippen molar-refractivity contribution in [3.63, 3.8) is 0 Å². The molecule has 31 heavy (non-hydrogen) atoms. The highest BCUT2D eigenvalue weighted by atomic mass is 32.2. The lowest BCUT2D eigenvalue weighted by atomic mass is 10.1. The molecule has 1 amide bonds. The summed E-state index contributed by atoms with van der Waals surface area (Å²) in [6.45, 7) is 2.87. The molecule has 1 fully saturated rings. The average Bonchev–Trinajstić information content (AvgIpc) is 2.75. The molecular formula is C20H24N4O6S. The van der Waals surface area contributed by atoms with Gasteiger partial charge in [0, 0.05) is 44.5 Å². The van der Waals surface area contributed by atoms with E-state index >= 15 is 0 Å². The second kappa shape index (κ2) is 9.00. The third-order valence-corrected chi connectivity index (χ3v) is 6.99. The monoisotopic (exact) mass is 448 g/mol. The van der Waals surface area contributed by atoms with Crippen molar-refractivity contribution in [1.82, 2.24) is 4.31 Å². The van der Waals surface area contributed by atoms with E-state index in [9.17, 15) is 23.3 Å². The van der Waals surface area contributed by atoms with Gasteiger partial charge < -0.3 is 15.0 Å². The van der Waals surface area contributed by atoms with Crippen LogP contribution in [0.4, 0.5) is 17.1 Å². The number of nitro groups is 1. The molecule has 0 aliphatic carbocycles. The van der Waals surface area contributed by atoms with Crippen LogP contribution in [0.25, 0.3) is 0 Å². The maximum atomic E-state index is 13.0. The molecule has 166 valence electrons. The van der Waals surface area contributed by atoms with Crippen LogP contribution in [0.2, 0.25) is 0 Å². The van der Waals surface area contributed by atoms with Crippen LogP contribution in [0.1, 0.15) is 15.9 Å². The molecule has 0 radical (unpaired) electrons. The molecule has 2 aromatic carbocycles. The van der Waals surface area contributed by atoms with E-state index in [1.807, 2.05) is 0 Å². The zero-order chi connectivity index (χ0) is 22.8. The third-order valence-electron chi connectivity index (χ3n) is 4.95. The molecule has 0 spiro atoms. The number of amides is 1. The smallest absolute Gasteiger partial charge is 0.293 e. The fourth-order valence-corrected chi connectivity index (χ4v) is 4.93. The Bertz CT molecular complexity index is 1110. The molecule has 1 aliphatic rings. The number of aryl methyl sites for hydroxylation is 1. The summed E-state index contributed by atoms with van der Waals surface area (Å²) >= 11 is 0. The molecule has 0 bridgehead atoms. The Morgan fingerprint density at radius 2 is 1.84 bits per heavy atom. The van der Waals surface area contributed by atoms with Crippen LogP contribution in [0, 0.1) is 17.0 Å². The number of rotatable bonds is 6. The Hall–Kier alpha value is -3.02. The number of carbonyl (C=O) groups is 1. The molecule has 10 nitrogen and oxygen atoms in total. The van der Waals surface area contributed by atoms with Crippen LogP contribution in [0.3, 0.4) is 0 Å². The number of hydrogen-bond acceptors (Lipinski definition) is 7. The summed E-state index contributed by atoms with van der Waals surface area (Å²) in [5.41, 5.74) is 1.10. The molecule has 0 unspecified atom stereocenters. The molecule has 0 aromatic heterocycles. The summed E-state index contributed by atoms with van der Waals surface area (Å²) in [4.78, 5) is 25.2. The molecule has 1 aliphatic heterocycles. The standard InChI is InChI=1S/C20H24N4O6S/c1-14-4-6-16(13-19(14)31(28,29)23-8-10-30-11-9-23)21-20(25)15-5-7-17(22(2)3)18(12-15)24(26)27/h4-7,12-13H,8-11H2,1-3H3,(H,21,25). The highest BCUT2D eigenvalue weighted by Gasteiger charge is 2.28. The maximum Gasteiger partial charge on any atom is 0.293 e. The summed E-state index contributed by atoms with van der Waals surface area (Å²) in [5, 5.41) is 14.0. The lowest BCUT2D eigenvalue weighted by molar-refractivity contribution is -0.384. The first-order chi connectivity index (χ1) is 14.6. The van der Waals surface area contributed by atoms with Gasteiger partial charge in [-0.1, -0.05) is 6.07 Å². The van der Waals surface area contributed by atoms with Crippen molar-refractivity contribution < 1.29 is 22.9 Å². The lowest BCUT2D eigenvalue weighted by Gasteiger charge is -2.26. The van der Waals surface area contributed by atoms with Gasteiger partial charge in [-0.15, -0.1) is 0 Å². The summed E-state index contributed by atoms with van der Waals surface area (Å²) in [6.07, 6.45) is 0. The second-order valence-corrected chi connectivity index (χ2v) is 9.21. The first kappa shape index (κ1) is 22.7. The van der Waals surface area contributed by atoms with Gasteiger partial charge in [0.15, 0.2) is 0 Å². The van der Waals surface area contributed by atoms with Gasteiger partial charge >= 0.3 is 0 Å². The van der Waals surface area contributed by atoms with Crippen LogP contribution >= 0.6 is 0 Å². The summed E-state index contributed by atoms with van der Waals surface area (Å²) in [5.74, 6) is -0.577. The van der Waals surface area contributed by atoms with E-state index in [0.29, 0.717) is 24.5 Å². The topological polar surface area (TPSA) is 122 Å². The molecule has 1 saturated heterocycles. The quantitative estimate of drug-likeness (QED) is 0.531. The molecule has 11 heteroatoms. The van der Waals surface area contributed by atoms with Crippen LogP contribution < -0.4 is 10.2 Å². The summed E-state index contributed by atoms with van der Waals surface area (Å²) in [6, 6.07) is 8.79. The average molecular weight is 449 g/mol. The van der Waals surface area contributed by atoms with Gasteiger partial charge in [-0.25, -0.2) is 8.42 Å². The Morgan fingerprint density at radius 3 is 2.45 bits per heavy atom.